The van der Waals surface area contributed by atoms with E-state index in [2.05, 4.69) is 184 Å². The van der Waals surface area contributed by atoms with Crippen LogP contribution in [-0.2, 0) is 19.1 Å². The van der Waals surface area contributed by atoms with E-state index in [-0.39, 0.29) is 25.2 Å². The van der Waals surface area contributed by atoms with Crippen molar-refractivity contribution in [2.45, 2.75) is 315 Å². The highest BCUT2D eigenvalue weighted by molar-refractivity contribution is 5.70. The number of ether oxygens (including phenoxy) is 2. The van der Waals surface area contributed by atoms with Crippen molar-refractivity contribution in [2.24, 2.45) is 0 Å². The monoisotopic (exact) mass is 1190 g/mol. The number of carbonyl (C=O) groups is 2. The number of esters is 2. The molecule has 0 aliphatic rings. The van der Waals surface area contributed by atoms with Crippen LogP contribution in [0.2, 0.25) is 0 Å². The summed E-state index contributed by atoms with van der Waals surface area (Å²) in [7, 11) is 0. The van der Waals surface area contributed by atoms with Gasteiger partial charge in [-0.1, -0.05) is 338 Å². The summed E-state index contributed by atoms with van der Waals surface area (Å²) >= 11 is 0. The van der Waals surface area contributed by atoms with Crippen LogP contribution < -0.4 is 0 Å². The van der Waals surface area contributed by atoms with E-state index >= 15 is 0 Å². The zero-order valence-corrected chi connectivity index (χ0v) is 55.8. The summed E-state index contributed by atoms with van der Waals surface area (Å²) in [5.41, 5.74) is 0. The molecule has 0 aliphatic heterocycles. The SMILES string of the molecule is CC/C=C\C/C=C\C/C=C\C/C=C\C/C=C\C/C=C\C/C=C\C/C=C\CCCCCCCCC(=O)OC(CO)COC(=O)CCCCCCCCCCCCCCCCCCCCCCCC/C=C\C/C=C\C/C=C\C/C=C\C/C=C\C/C=C\CC. The molecule has 1 atom stereocenters. The van der Waals surface area contributed by atoms with Gasteiger partial charge in [0.25, 0.3) is 0 Å². The van der Waals surface area contributed by atoms with Gasteiger partial charge in [0.05, 0.1) is 6.61 Å². The second-order valence-corrected chi connectivity index (χ2v) is 23.2. The lowest BCUT2D eigenvalue weighted by Gasteiger charge is -2.15. The molecule has 0 aliphatic carbocycles. The predicted octanol–water partition coefficient (Wildman–Crippen LogP) is 25.2. The van der Waals surface area contributed by atoms with Gasteiger partial charge in [-0.05, 0) is 128 Å². The Labute approximate surface area is 532 Å². The number of aliphatic hydroxyl groups is 1. The minimum absolute atomic E-state index is 0.0785. The summed E-state index contributed by atoms with van der Waals surface area (Å²) in [6, 6.07) is 0. The summed E-state index contributed by atoms with van der Waals surface area (Å²) in [6.45, 7) is 3.91. The third-order valence-electron chi connectivity index (χ3n) is 15.0. The van der Waals surface area contributed by atoms with Gasteiger partial charge in [0.15, 0.2) is 6.10 Å². The number of rotatable bonds is 64. The van der Waals surface area contributed by atoms with Gasteiger partial charge in [-0.25, -0.2) is 0 Å². The second-order valence-electron chi connectivity index (χ2n) is 23.2. The van der Waals surface area contributed by atoms with Crippen molar-refractivity contribution in [1.29, 1.82) is 0 Å². The van der Waals surface area contributed by atoms with Crippen LogP contribution in [-0.4, -0.2) is 36.4 Å². The van der Waals surface area contributed by atoms with Crippen LogP contribution >= 0.6 is 0 Å². The molecule has 1 unspecified atom stereocenters. The molecule has 486 valence electrons. The van der Waals surface area contributed by atoms with Crippen molar-refractivity contribution in [1.82, 2.24) is 0 Å². The van der Waals surface area contributed by atoms with Crippen molar-refractivity contribution < 1.29 is 24.2 Å². The van der Waals surface area contributed by atoms with Gasteiger partial charge in [0, 0.05) is 12.8 Å². The molecule has 0 aromatic heterocycles. The highest BCUT2D eigenvalue weighted by Crippen LogP contribution is 2.17. The fourth-order valence-corrected chi connectivity index (χ4v) is 9.75. The van der Waals surface area contributed by atoms with E-state index in [9.17, 15) is 14.7 Å². The zero-order chi connectivity index (χ0) is 61.9. The van der Waals surface area contributed by atoms with E-state index in [1.54, 1.807) is 0 Å². The Kier molecular flexibility index (Phi) is 70.4. The molecule has 1 N–H and O–H groups in total. The van der Waals surface area contributed by atoms with Crippen LogP contribution in [0.4, 0.5) is 0 Å². The summed E-state index contributed by atoms with van der Waals surface area (Å²) < 4.78 is 10.7. The Morgan fingerprint density at radius 1 is 0.267 bits per heavy atom. The van der Waals surface area contributed by atoms with Gasteiger partial charge in [0.2, 0.25) is 0 Å². The predicted molar refractivity (Wildman–Crippen MR) is 380 cm³/mol. The van der Waals surface area contributed by atoms with E-state index in [1.807, 2.05) is 0 Å². The minimum Gasteiger partial charge on any atom is -0.462 e. The highest BCUT2D eigenvalue weighted by atomic mass is 16.6. The quantitative estimate of drug-likeness (QED) is 0.0373. The normalized spacial score (nSPS) is 13.3. The molecular formula is C81H132O5. The number of hydrogen-bond donors (Lipinski definition) is 1. The molecule has 86 heavy (non-hydrogen) atoms. The maximum Gasteiger partial charge on any atom is 0.306 e. The third-order valence-corrected chi connectivity index (χ3v) is 15.0. The van der Waals surface area contributed by atoms with E-state index in [0.717, 1.165) is 135 Å². The Bertz CT molecular complexity index is 1870. The van der Waals surface area contributed by atoms with E-state index in [0.29, 0.717) is 12.8 Å². The number of carbonyl (C=O) groups excluding carboxylic acids is 2. The van der Waals surface area contributed by atoms with Crippen molar-refractivity contribution in [3.8, 4) is 0 Å². The van der Waals surface area contributed by atoms with E-state index < -0.39 is 6.10 Å². The molecule has 0 spiro atoms. The lowest BCUT2D eigenvalue weighted by atomic mass is 10.0. The molecule has 0 aromatic rings. The van der Waals surface area contributed by atoms with Crippen molar-refractivity contribution in [3.63, 3.8) is 0 Å². The fourth-order valence-electron chi connectivity index (χ4n) is 9.75. The largest absolute Gasteiger partial charge is 0.462 e. The van der Waals surface area contributed by atoms with Gasteiger partial charge in [0.1, 0.15) is 6.61 Å². The number of allylic oxidation sites excluding steroid dienone is 28. The molecular weight excluding hydrogens is 1050 g/mol. The zero-order valence-electron chi connectivity index (χ0n) is 55.8. The molecule has 0 bridgehead atoms. The van der Waals surface area contributed by atoms with Crippen molar-refractivity contribution in [2.75, 3.05) is 13.2 Å². The lowest BCUT2D eigenvalue weighted by Crippen LogP contribution is -2.28. The summed E-state index contributed by atoms with van der Waals surface area (Å²) in [4.78, 5) is 24.7. The number of hydrogen-bond acceptors (Lipinski definition) is 5. The van der Waals surface area contributed by atoms with Crippen LogP contribution in [0.1, 0.15) is 309 Å². The van der Waals surface area contributed by atoms with Crippen LogP contribution in [0, 0.1) is 0 Å². The number of aliphatic hydroxyl groups excluding tert-OH is 1. The van der Waals surface area contributed by atoms with Gasteiger partial charge >= 0.3 is 11.9 Å². The molecule has 0 aromatic carbocycles. The first-order chi connectivity index (χ1) is 42.6. The first-order valence-corrected chi connectivity index (χ1v) is 35.7. The Hall–Kier alpha value is -4.74. The lowest BCUT2D eigenvalue weighted by molar-refractivity contribution is -0.161. The first kappa shape index (κ1) is 81.3. The molecule has 0 amide bonds. The van der Waals surface area contributed by atoms with Gasteiger partial charge in [-0.15, -0.1) is 0 Å². The molecule has 0 saturated carbocycles. The number of unbranched alkanes of at least 4 members (excludes halogenated alkanes) is 28. The molecule has 5 nitrogen and oxygen atoms in total. The van der Waals surface area contributed by atoms with Gasteiger partial charge in [-0.2, -0.15) is 0 Å². The molecule has 0 heterocycles. The maximum atomic E-state index is 12.4. The average molecular weight is 1190 g/mol. The average Bonchev–Trinajstić information content (AvgIpc) is 3.55. The van der Waals surface area contributed by atoms with E-state index in [4.69, 9.17) is 9.47 Å². The third kappa shape index (κ3) is 71.7. The van der Waals surface area contributed by atoms with Crippen LogP contribution in [0.5, 0.6) is 0 Å². The van der Waals surface area contributed by atoms with Gasteiger partial charge < -0.3 is 14.6 Å². The molecule has 0 fully saturated rings. The molecule has 0 saturated heterocycles. The van der Waals surface area contributed by atoms with Crippen molar-refractivity contribution >= 4 is 11.9 Å². The van der Waals surface area contributed by atoms with Crippen molar-refractivity contribution in [3.05, 3.63) is 170 Å². The Morgan fingerprint density at radius 3 is 0.698 bits per heavy atom. The fraction of sp³-hybridized carbons (Fsp3) is 0.630. The summed E-state index contributed by atoms with van der Waals surface area (Å²) in [5.74, 6) is -0.607. The van der Waals surface area contributed by atoms with Gasteiger partial charge in [-0.3, -0.25) is 9.59 Å². The van der Waals surface area contributed by atoms with Crippen LogP contribution in [0.25, 0.3) is 0 Å². The van der Waals surface area contributed by atoms with Crippen LogP contribution in [0.3, 0.4) is 0 Å². The topological polar surface area (TPSA) is 72.8 Å². The standard InChI is InChI=1S/C81H132O5/c1-3-5-7-9-11-13-15-17-19-21-23-25-27-29-31-33-35-36-37-38-39-40-41-42-43-44-46-47-49-51-53-55-57-59-61-63-65-67-69-71-73-75-80(83)85-78-79(77-82)86-81(84)76-74-72-70-68-66-64-62-60-58-56-54-52-50-48-45-34-32-30-28-26-24-22-20-18-16-14-12-10-8-6-4-2/h5-8,11-14,17-20,23-26,29-32,35-36,45,48,52,54,58,60,79,82H,3-4,9-10,15-16,21-22,27-28,33-34,37-44,46-47,49-51,53,55-57,59,61-78H2,1-2H3/b7-5-,8-6-,13-11-,14-12-,19-17-,20-18-,25-23-,26-24-,31-29-,32-30-,36-35-,48-45-,54-52-,60-58-. The smallest absolute Gasteiger partial charge is 0.306 e. The van der Waals surface area contributed by atoms with Crippen LogP contribution in [0.15, 0.2) is 170 Å². The molecule has 0 rings (SSSR count). The summed E-state index contributed by atoms with van der Waals surface area (Å²) in [5, 5.41) is 9.70. The Balaban J connectivity index is 3.51. The second kappa shape index (κ2) is 74.5. The molecule has 5 heteroatoms. The minimum atomic E-state index is -0.792. The maximum absolute atomic E-state index is 12.4. The Morgan fingerprint density at radius 2 is 0.465 bits per heavy atom. The highest BCUT2D eigenvalue weighted by Gasteiger charge is 2.16. The summed E-state index contributed by atoms with van der Waals surface area (Å²) in [6.07, 6.45) is 115. The molecule has 0 radical (unpaired) electrons. The first-order valence-electron chi connectivity index (χ1n) is 35.7. The van der Waals surface area contributed by atoms with E-state index in [1.165, 1.54) is 148 Å².